The molecule has 4 aliphatic rings. The van der Waals surface area contributed by atoms with Crippen molar-refractivity contribution in [2.45, 2.75) is 83.2 Å². The molecule has 0 aromatic heterocycles. The Balaban J connectivity index is 1.75. The second kappa shape index (κ2) is 7.87. The smallest absolute Gasteiger partial charge is 0.274 e. The van der Waals surface area contributed by atoms with Crippen molar-refractivity contribution in [2.75, 3.05) is 0 Å². The quantitative estimate of drug-likeness (QED) is 0.350. The molecule has 1 radical (unpaired) electrons. The summed E-state index contributed by atoms with van der Waals surface area (Å²) in [6.45, 7) is 11.6. The normalized spacial score (nSPS) is 28.9. The average Bonchev–Trinajstić information content (AvgIpc) is 2.71. The van der Waals surface area contributed by atoms with E-state index in [0.717, 1.165) is 40.9 Å². The maximum Gasteiger partial charge on any atom is 0.274 e. The summed E-state index contributed by atoms with van der Waals surface area (Å²) < 4.78 is 6.85. The summed E-state index contributed by atoms with van der Waals surface area (Å²) in [5.74, 6) is 3.83. The van der Waals surface area contributed by atoms with Crippen LogP contribution in [0.25, 0.3) is 11.1 Å². The standard InChI is InChI=1S/C29H37O2Si/c1-28(2,3)25-11-10-24(23-8-6-19(18-30)7-9-23)27(31-32(4)5)26(25)29-15-20-12-21(16-29)14-22(13-20)17-29/h6-11,18,20-22H,12-17H2,1-5H3. The van der Waals surface area contributed by atoms with E-state index < -0.39 is 9.04 Å². The third-order valence-electron chi connectivity index (χ3n) is 8.20. The molecule has 4 bridgehead atoms. The Morgan fingerprint density at radius 2 is 1.47 bits per heavy atom. The maximum atomic E-state index is 11.2. The number of carbonyl (C=O) groups excluding carboxylic acids is 1. The van der Waals surface area contributed by atoms with Crippen molar-refractivity contribution >= 4 is 15.3 Å². The van der Waals surface area contributed by atoms with Crippen LogP contribution in [0.1, 0.15) is 80.8 Å². The van der Waals surface area contributed by atoms with Crippen LogP contribution in [0.4, 0.5) is 0 Å². The van der Waals surface area contributed by atoms with Gasteiger partial charge in [0.05, 0.1) is 0 Å². The second-order valence-corrected chi connectivity index (χ2v) is 14.1. The van der Waals surface area contributed by atoms with Crippen LogP contribution in [0.2, 0.25) is 13.1 Å². The molecular formula is C29H37O2Si. The Hall–Kier alpha value is -1.87. The molecule has 0 spiro atoms. The lowest BCUT2D eigenvalue weighted by molar-refractivity contribution is -0.00654. The monoisotopic (exact) mass is 445 g/mol. The lowest BCUT2D eigenvalue weighted by Gasteiger charge is -2.58. The van der Waals surface area contributed by atoms with Gasteiger partial charge in [0.2, 0.25) is 0 Å². The average molecular weight is 446 g/mol. The lowest BCUT2D eigenvalue weighted by atomic mass is 9.47. The molecule has 4 fully saturated rings. The van der Waals surface area contributed by atoms with Gasteiger partial charge in [0, 0.05) is 22.1 Å². The van der Waals surface area contributed by atoms with Crippen LogP contribution in [0, 0.1) is 17.8 Å². The van der Waals surface area contributed by atoms with Crippen LogP contribution < -0.4 is 4.43 Å². The Bertz CT molecular complexity index is 977. The van der Waals surface area contributed by atoms with E-state index in [-0.39, 0.29) is 10.8 Å². The number of aldehydes is 1. The van der Waals surface area contributed by atoms with Gasteiger partial charge in [-0.2, -0.15) is 0 Å². The van der Waals surface area contributed by atoms with Crippen LogP contribution in [0.15, 0.2) is 36.4 Å². The molecule has 4 aliphatic carbocycles. The summed E-state index contributed by atoms with van der Waals surface area (Å²) in [6.07, 6.45) is 9.27. The van der Waals surface area contributed by atoms with Gasteiger partial charge in [-0.25, -0.2) is 0 Å². The van der Waals surface area contributed by atoms with Gasteiger partial charge in [0.15, 0.2) is 0 Å². The van der Waals surface area contributed by atoms with E-state index in [1.54, 1.807) is 0 Å². The van der Waals surface area contributed by atoms with Crippen molar-refractivity contribution in [3.05, 3.63) is 53.1 Å². The van der Waals surface area contributed by atoms with Gasteiger partial charge in [-0.1, -0.05) is 57.2 Å². The number of benzene rings is 2. The zero-order valence-electron chi connectivity index (χ0n) is 20.3. The van der Waals surface area contributed by atoms with E-state index in [2.05, 4.69) is 58.1 Å². The van der Waals surface area contributed by atoms with Gasteiger partial charge in [-0.3, -0.25) is 4.79 Å². The van der Waals surface area contributed by atoms with E-state index in [4.69, 9.17) is 4.43 Å². The number of hydrogen-bond acceptors (Lipinski definition) is 2. The first-order valence-electron chi connectivity index (χ1n) is 12.4. The first kappa shape index (κ1) is 21.9. The van der Waals surface area contributed by atoms with Crippen molar-refractivity contribution in [3.8, 4) is 16.9 Å². The molecule has 0 aliphatic heterocycles. The molecule has 4 saturated carbocycles. The molecule has 0 N–H and O–H groups in total. The number of hydrogen-bond donors (Lipinski definition) is 0. The highest BCUT2D eigenvalue weighted by atomic mass is 28.3. The first-order valence-corrected chi connectivity index (χ1v) is 14.8. The van der Waals surface area contributed by atoms with Crippen LogP contribution in [0.3, 0.4) is 0 Å². The molecule has 3 heteroatoms. The fourth-order valence-electron chi connectivity index (χ4n) is 7.43. The Morgan fingerprint density at radius 3 is 1.94 bits per heavy atom. The van der Waals surface area contributed by atoms with Crippen LogP contribution in [0.5, 0.6) is 5.75 Å². The van der Waals surface area contributed by atoms with Gasteiger partial charge in [-0.15, -0.1) is 0 Å². The van der Waals surface area contributed by atoms with Crippen molar-refractivity contribution < 1.29 is 9.22 Å². The van der Waals surface area contributed by atoms with E-state index in [1.165, 1.54) is 55.2 Å². The summed E-state index contributed by atoms with van der Waals surface area (Å²) in [5.41, 5.74) is 6.43. The summed E-state index contributed by atoms with van der Waals surface area (Å²) in [5, 5.41) is 0. The minimum atomic E-state index is -0.938. The zero-order chi connectivity index (χ0) is 22.7. The highest BCUT2D eigenvalue weighted by molar-refractivity contribution is 6.49. The van der Waals surface area contributed by atoms with E-state index in [1.807, 2.05) is 12.1 Å². The number of rotatable bonds is 5. The molecule has 32 heavy (non-hydrogen) atoms. The van der Waals surface area contributed by atoms with Gasteiger partial charge in [0.25, 0.3) is 9.04 Å². The summed E-state index contributed by atoms with van der Waals surface area (Å²) in [4.78, 5) is 11.2. The maximum absolute atomic E-state index is 11.2. The van der Waals surface area contributed by atoms with Crippen LogP contribution in [-0.4, -0.2) is 15.3 Å². The molecule has 0 amide bonds. The van der Waals surface area contributed by atoms with E-state index >= 15 is 0 Å². The van der Waals surface area contributed by atoms with Crippen molar-refractivity contribution in [2.24, 2.45) is 17.8 Å². The molecule has 2 aromatic carbocycles. The minimum Gasteiger partial charge on any atom is -0.542 e. The minimum absolute atomic E-state index is 0.0745. The summed E-state index contributed by atoms with van der Waals surface area (Å²) in [6, 6.07) is 12.7. The van der Waals surface area contributed by atoms with E-state index in [9.17, 15) is 4.79 Å². The molecule has 2 nitrogen and oxygen atoms in total. The highest BCUT2D eigenvalue weighted by Crippen LogP contribution is 2.63. The Morgan fingerprint density at radius 1 is 0.906 bits per heavy atom. The third-order valence-corrected chi connectivity index (χ3v) is 8.81. The Labute approximate surface area is 195 Å². The lowest BCUT2D eigenvalue weighted by Crippen LogP contribution is -2.49. The molecule has 0 atom stereocenters. The third kappa shape index (κ3) is 3.77. The SMILES string of the molecule is C[Si](C)Oc1c(-c2ccc(C=O)cc2)ccc(C(C)(C)C)c1C12CC3CC(CC(C3)C1)C2. The van der Waals surface area contributed by atoms with Gasteiger partial charge >= 0.3 is 0 Å². The molecular weight excluding hydrogens is 408 g/mol. The predicted octanol–water partition coefficient (Wildman–Crippen LogP) is 7.56. The molecule has 0 saturated heterocycles. The molecule has 169 valence electrons. The Kier molecular flexibility index (Phi) is 5.39. The van der Waals surface area contributed by atoms with Crippen molar-refractivity contribution in [3.63, 3.8) is 0 Å². The van der Waals surface area contributed by atoms with Crippen molar-refractivity contribution in [1.82, 2.24) is 0 Å². The second-order valence-electron chi connectivity index (χ2n) is 12.1. The molecule has 0 unspecified atom stereocenters. The molecule has 2 aromatic rings. The fraction of sp³-hybridized carbons (Fsp3) is 0.552. The summed E-state index contributed by atoms with van der Waals surface area (Å²) in [7, 11) is -0.938. The molecule has 6 rings (SSSR count). The summed E-state index contributed by atoms with van der Waals surface area (Å²) >= 11 is 0. The van der Waals surface area contributed by atoms with Gasteiger partial charge in [0.1, 0.15) is 12.0 Å². The first-order chi connectivity index (χ1) is 15.2. The predicted molar refractivity (Wildman–Crippen MR) is 134 cm³/mol. The number of carbonyl (C=O) groups is 1. The largest absolute Gasteiger partial charge is 0.542 e. The molecule has 0 heterocycles. The fourth-order valence-corrected chi connectivity index (χ4v) is 8.05. The van der Waals surface area contributed by atoms with Crippen molar-refractivity contribution in [1.29, 1.82) is 0 Å². The van der Waals surface area contributed by atoms with Crippen LogP contribution in [-0.2, 0) is 10.8 Å². The zero-order valence-corrected chi connectivity index (χ0v) is 21.3. The van der Waals surface area contributed by atoms with Gasteiger partial charge in [-0.05, 0) is 85.9 Å². The van der Waals surface area contributed by atoms with E-state index in [0.29, 0.717) is 0 Å². The highest BCUT2D eigenvalue weighted by Gasteiger charge is 2.54. The van der Waals surface area contributed by atoms with Gasteiger partial charge < -0.3 is 4.43 Å². The van der Waals surface area contributed by atoms with Crippen LogP contribution >= 0.6 is 0 Å². The topological polar surface area (TPSA) is 26.3 Å².